The number of rotatable bonds is 4. The molecular weight excluding hydrogens is 264 g/mol. The van der Waals surface area contributed by atoms with Gasteiger partial charge >= 0.3 is 0 Å². The summed E-state index contributed by atoms with van der Waals surface area (Å²) in [4.78, 5) is 4.28. The lowest BCUT2D eigenvalue weighted by atomic mass is 10.2. The van der Waals surface area contributed by atoms with Gasteiger partial charge in [0.05, 0.1) is 6.20 Å². The highest BCUT2D eigenvalue weighted by molar-refractivity contribution is 7.90. The van der Waals surface area contributed by atoms with E-state index in [1.165, 1.54) is 6.26 Å². The normalized spacial score (nSPS) is 11.5. The molecule has 0 bridgehead atoms. The molecule has 0 aromatic carbocycles. The Labute approximate surface area is 112 Å². The number of sulfone groups is 1. The van der Waals surface area contributed by atoms with Crippen LogP contribution in [0.4, 0.5) is 5.82 Å². The van der Waals surface area contributed by atoms with Crippen molar-refractivity contribution in [1.29, 1.82) is 0 Å². The van der Waals surface area contributed by atoms with Crippen LogP contribution in [0.3, 0.4) is 0 Å². The maximum absolute atomic E-state index is 11.6. The number of nitrogens with one attached hydrogen (secondary N) is 1. The van der Waals surface area contributed by atoms with Gasteiger partial charge in [-0.15, -0.1) is 0 Å². The Morgan fingerprint density at radius 2 is 2.16 bits per heavy atom. The van der Waals surface area contributed by atoms with Gasteiger partial charge in [0.15, 0.2) is 9.84 Å². The Morgan fingerprint density at radius 1 is 1.42 bits per heavy atom. The predicted molar refractivity (Wildman–Crippen MR) is 72.6 cm³/mol. The van der Waals surface area contributed by atoms with Gasteiger partial charge in [0.1, 0.15) is 10.7 Å². The smallest absolute Gasteiger partial charge is 0.179 e. The average Bonchev–Trinajstić information content (AvgIpc) is 2.67. The standard InChI is InChI=1S/C12H16N4O2S/c1-9-10(8-15-16(9)2)7-14-12-11(19(3,17)18)5-4-6-13-12/h4-6,8H,7H2,1-3H3,(H,13,14). The predicted octanol–water partition coefficient (Wildman–Crippen LogP) is 1.14. The summed E-state index contributed by atoms with van der Waals surface area (Å²) in [5, 5.41) is 7.18. The van der Waals surface area contributed by atoms with Crippen molar-refractivity contribution in [2.24, 2.45) is 7.05 Å². The minimum absolute atomic E-state index is 0.205. The van der Waals surface area contributed by atoms with E-state index in [1.54, 1.807) is 29.2 Å². The van der Waals surface area contributed by atoms with E-state index in [1.807, 2.05) is 14.0 Å². The SMILES string of the molecule is Cc1c(CNc2ncccc2S(C)(=O)=O)cnn1C. The van der Waals surface area contributed by atoms with Gasteiger partial charge in [-0.3, -0.25) is 4.68 Å². The van der Waals surface area contributed by atoms with Crippen LogP contribution in [0.2, 0.25) is 0 Å². The van der Waals surface area contributed by atoms with Crippen molar-refractivity contribution in [2.75, 3.05) is 11.6 Å². The summed E-state index contributed by atoms with van der Waals surface area (Å²) in [6, 6.07) is 3.15. The summed E-state index contributed by atoms with van der Waals surface area (Å²) in [6.07, 6.45) is 4.49. The Bertz CT molecular complexity index is 692. The summed E-state index contributed by atoms with van der Waals surface area (Å²) < 4.78 is 25.0. The highest BCUT2D eigenvalue weighted by atomic mass is 32.2. The van der Waals surface area contributed by atoms with E-state index >= 15 is 0 Å². The van der Waals surface area contributed by atoms with Gasteiger partial charge in [-0.25, -0.2) is 13.4 Å². The molecular formula is C12H16N4O2S. The van der Waals surface area contributed by atoms with Crippen LogP contribution in [0.15, 0.2) is 29.4 Å². The van der Waals surface area contributed by atoms with Gasteiger partial charge in [-0.05, 0) is 19.1 Å². The lowest BCUT2D eigenvalue weighted by Crippen LogP contribution is -2.08. The molecule has 2 rings (SSSR count). The molecule has 0 fully saturated rings. The van der Waals surface area contributed by atoms with Gasteiger partial charge < -0.3 is 5.32 Å². The molecule has 0 radical (unpaired) electrons. The summed E-state index contributed by atoms with van der Waals surface area (Å²) in [7, 11) is -1.43. The van der Waals surface area contributed by atoms with Crippen LogP contribution in [0.1, 0.15) is 11.3 Å². The van der Waals surface area contributed by atoms with E-state index in [0.717, 1.165) is 11.3 Å². The Kier molecular flexibility index (Phi) is 3.57. The fourth-order valence-corrected chi connectivity index (χ4v) is 2.52. The van der Waals surface area contributed by atoms with Gasteiger partial charge in [-0.2, -0.15) is 5.10 Å². The van der Waals surface area contributed by atoms with Crippen LogP contribution < -0.4 is 5.32 Å². The lowest BCUT2D eigenvalue weighted by Gasteiger charge is -2.09. The van der Waals surface area contributed by atoms with Crippen LogP contribution in [0, 0.1) is 6.92 Å². The number of hydrogen-bond acceptors (Lipinski definition) is 5. The number of nitrogens with zero attached hydrogens (tertiary/aromatic N) is 3. The van der Waals surface area contributed by atoms with Crippen LogP contribution >= 0.6 is 0 Å². The van der Waals surface area contributed by atoms with Gasteiger partial charge in [0.2, 0.25) is 0 Å². The monoisotopic (exact) mass is 280 g/mol. The second kappa shape index (κ2) is 5.00. The minimum atomic E-state index is -3.29. The molecule has 0 saturated heterocycles. The molecule has 0 saturated carbocycles. The third-order valence-corrected chi connectivity index (χ3v) is 4.08. The first-order valence-corrected chi connectivity index (χ1v) is 7.65. The molecule has 7 heteroatoms. The van der Waals surface area contributed by atoms with E-state index in [4.69, 9.17) is 0 Å². The van der Waals surface area contributed by atoms with Crippen molar-refractivity contribution < 1.29 is 8.42 Å². The summed E-state index contributed by atoms with van der Waals surface area (Å²) in [5.41, 5.74) is 2.04. The summed E-state index contributed by atoms with van der Waals surface area (Å²) >= 11 is 0. The van der Waals surface area contributed by atoms with E-state index < -0.39 is 9.84 Å². The van der Waals surface area contributed by atoms with Gasteiger partial charge in [0.25, 0.3) is 0 Å². The number of hydrogen-bond donors (Lipinski definition) is 1. The zero-order valence-corrected chi connectivity index (χ0v) is 11.9. The summed E-state index contributed by atoms with van der Waals surface area (Å²) in [5.74, 6) is 0.369. The molecule has 102 valence electrons. The van der Waals surface area contributed by atoms with Crippen molar-refractivity contribution in [3.8, 4) is 0 Å². The molecule has 6 nitrogen and oxygen atoms in total. The van der Waals surface area contributed by atoms with Crippen molar-refractivity contribution in [3.63, 3.8) is 0 Å². The number of aryl methyl sites for hydroxylation is 1. The molecule has 0 aliphatic rings. The largest absolute Gasteiger partial charge is 0.365 e. The van der Waals surface area contributed by atoms with E-state index in [2.05, 4.69) is 15.4 Å². The van der Waals surface area contributed by atoms with Crippen LogP contribution in [-0.2, 0) is 23.4 Å². The first kappa shape index (κ1) is 13.5. The van der Waals surface area contributed by atoms with Crippen molar-refractivity contribution in [2.45, 2.75) is 18.4 Å². The minimum Gasteiger partial charge on any atom is -0.365 e. The second-order valence-electron chi connectivity index (χ2n) is 4.35. The third-order valence-electron chi connectivity index (χ3n) is 2.95. The maximum Gasteiger partial charge on any atom is 0.179 e. The molecule has 0 unspecified atom stereocenters. The number of aromatic nitrogens is 3. The van der Waals surface area contributed by atoms with Gasteiger partial charge in [-0.1, -0.05) is 0 Å². The van der Waals surface area contributed by atoms with E-state index in [0.29, 0.717) is 12.4 Å². The Balaban J connectivity index is 2.23. The van der Waals surface area contributed by atoms with Crippen LogP contribution in [0.25, 0.3) is 0 Å². The zero-order chi connectivity index (χ0) is 14.0. The topological polar surface area (TPSA) is 76.9 Å². The second-order valence-corrected chi connectivity index (χ2v) is 6.34. The molecule has 0 spiro atoms. The lowest BCUT2D eigenvalue weighted by molar-refractivity contribution is 0.601. The van der Waals surface area contributed by atoms with Crippen LogP contribution in [0.5, 0.6) is 0 Å². The molecule has 1 N–H and O–H groups in total. The average molecular weight is 280 g/mol. The van der Waals surface area contributed by atoms with Crippen molar-refractivity contribution in [1.82, 2.24) is 14.8 Å². The molecule has 0 amide bonds. The molecule has 2 heterocycles. The van der Waals surface area contributed by atoms with Crippen LogP contribution in [-0.4, -0.2) is 29.4 Å². The van der Waals surface area contributed by atoms with E-state index in [-0.39, 0.29) is 4.90 Å². The molecule has 2 aromatic rings. The third kappa shape index (κ3) is 2.93. The first-order valence-electron chi connectivity index (χ1n) is 5.76. The Morgan fingerprint density at radius 3 is 2.74 bits per heavy atom. The number of anilines is 1. The highest BCUT2D eigenvalue weighted by Gasteiger charge is 2.14. The molecule has 0 aliphatic heterocycles. The quantitative estimate of drug-likeness (QED) is 0.908. The molecule has 2 aromatic heterocycles. The zero-order valence-electron chi connectivity index (χ0n) is 11.1. The van der Waals surface area contributed by atoms with Crippen molar-refractivity contribution in [3.05, 3.63) is 35.8 Å². The fourth-order valence-electron chi connectivity index (χ4n) is 1.72. The molecule has 0 atom stereocenters. The number of pyridine rings is 1. The fraction of sp³-hybridized carbons (Fsp3) is 0.333. The summed E-state index contributed by atoms with van der Waals surface area (Å²) in [6.45, 7) is 2.44. The molecule has 19 heavy (non-hydrogen) atoms. The van der Waals surface area contributed by atoms with Gasteiger partial charge in [0, 0.05) is 37.3 Å². The van der Waals surface area contributed by atoms with Crippen molar-refractivity contribution >= 4 is 15.7 Å². The highest BCUT2D eigenvalue weighted by Crippen LogP contribution is 2.18. The Hall–Kier alpha value is -1.89. The van der Waals surface area contributed by atoms with E-state index in [9.17, 15) is 8.42 Å². The maximum atomic E-state index is 11.6. The first-order chi connectivity index (χ1) is 8.89. The molecule has 0 aliphatic carbocycles.